The Morgan fingerprint density at radius 3 is 2.33 bits per heavy atom. The van der Waals surface area contributed by atoms with Gasteiger partial charge < -0.3 is 15.5 Å². The zero-order valence-electron chi connectivity index (χ0n) is 15.9. The van der Waals surface area contributed by atoms with Crippen molar-refractivity contribution in [2.75, 3.05) is 13.1 Å². The van der Waals surface area contributed by atoms with Gasteiger partial charge in [0, 0.05) is 6.54 Å². The molecule has 0 aliphatic carbocycles. The molecule has 2 unspecified atom stereocenters. The highest BCUT2D eigenvalue weighted by Gasteiger charge is 2.41. The molecule has 0 bridgehead atoms. The molecule has 9 heteroatoms. The van der Waals surface area contributed by atoms with Gasteiger partial charge in [-0.25, -0.2) is 13.2 Å². The Bertz CT molecular complexity index is 840. The number of hydrogen-bond acceptors (Lipinski definition) is 5. The first-order valence-electron chi connectivity index (χ1n) is 8.71. The highest BCUT2D eigenvalue weighted by Crippen LogP contribution is 2.30. The van der Waals surface area contributed by atoms with Crippen molar-refractivity contribution in [2.45, 2.75) is 57.1 Å². The summed E-state index contributed by atoms with van der Waals surface area (Å²) in [5.74, 6) is -2.08. The molecule has 1 saturated heterocycles. The van der Waals surface area contributed by atoms with Gasteiger partial charge in [0.05, 0.1) is 11.4 Å². The Labute approximate surface area is 159 Å². The van der Waals surface area contributed by atoms with Crippen LogP contribution in [-0.2, 0) is 19.6 Å². The van der Waals surface area contributed by atoms with Crippen molar-refractivity contribution in [1.82, 2.24) is 9.62 Å². The fourth-order valence-electron chi connectivity index (χ4n) is 3.43. The van der Waals surface area contributed by atoms with Gasteiger partial charge in [-0.1, -0.05) is 17.7 Å². The summed E-state index contributed by atoms with van der Waals surface area (Å²) < 4.78 is 27.6. The van der Waals surface area contributed by atoms with E-state index < -0.39 is 40.1 Å². The molecule has 0 saturated carbocycles. The lowest BCUT2D eigenvalue weighted by molar-refractivity contribution is -0.156. The van der Waals surface area contributed by atoms with E-state index in [1.165, 1.54) is 4.31 Å². The van der Waals surface area contributed by atoms with Crippen LogP contribution in [0.1, 0.15) is 36.5 Å². The van der Waals surface area contributed by atoms with Gasteiger partial charge in [-0.05, 0) is 51.7 Å². The molecule has 0 radical (unpaired) electrons. The molecule has 1 amide bonds. The molecule has 3 N–H and O–H groups in total. The molecule has 8 nitrogen and oxygen atoms in total. The summed E-state index contributed by atoms with van der Waals surface area (Å²) in [6.45, 7) is 6.11. The normalized spacial score (nSPS) is 20.3. The summed E-state index contributed by atoms with van der Waals surface area (Å²) in [5.41, 5.74) is 0.0672. The van der Waals surface area contributed by atoms with Crippen molar-refractivity contribution in [2.24, 2.45) is 0 Å². The Balaban J connectivity index is 2.27. The van der Waals surface area contributed by atoms with Crippen LogP contribution in [0.5, 0.6) is 0 Å². The second-order valence-corrected chi connectivity index (χ2v) is 9.13. The summed E-state index contributed by atoms with van der Waals surface area (Å²) in [6, 6.07) is 2.64. The molecule has 1 aromatic carbocycles. The topological polar surface area (TPSA) is 124 Å². The summed E-state index contributed by atoms with van der Waals surface area (Å²) in [5, 5.41) is 21.0. The van der Waals surface area contributed by atoms with Crippen LogP contribution in [0.15, 0.2) is 17.0 Å². The van der Waals surface area contributed by atoms with Crippen LogP contribution in [0.2, 0.25) is 0 Å². The first-order chi connectivity index (χ1) is 12.4. The molecule has 2 atom stereocenters. The Morgan fingerprint density at radius 2 is 1.81 bits per heavy atom. The van der Waals surface area contributed by atoms with E-state index in [4.69, 9.17) is 5.11 Å². The van der Waals surface area contributed by atoms with Crippen LogP contribution in [0.3, 0.4) is 0 Å². The number of carboxylic acids is 1. The predicted molar refractivity (Wildman–Crippen MR) is 98.8 cm³/mol. The number of carboxylic acid groups (broad SMARTS) is 1. The minimum absolute atomic E-state index is 0.199. The van der Waals surface area contributed by atoms with Gasteiger partial charge in [-0.15, -0.1) is 0 Å². The van der Waals surface area contributed by atoms with Gasteiger partial charge in [0.25, 0.3) is 0 Å². The average molecular weight is 398 g/mol. The summed E-state index contributed by atoms with van der Waals surface area (Å²) in [6.07, 6.45) is 0.862. The second kappa shape index (κ2) is 7.57. The van der Waals surface area contributed by atoms with E-state index in [1.54, 1.807) is 26.0 Å². The van der Waals surface area contributed by atoms with Gasteiger partial charge >= 0.3 is 5.97 Å². The third-order valence-electron chi connectivity index (χ3n) is 4.75. The van der Waals surface area contributed by atoms with E-state index in [2.05, 4.69) is 5.32 Å². The second-order valence-electron chi connectivity index (χ2n) is 7.30. The molecule has 0 spiro atoms. The molecule has 27 heavy (non-hydrogen) atoms. The van der Waals surface area contributed by atoms with Gasteiger partial charge in [-0.2, -0.15) is 4.31 Å². The van der Waals surface area contributed by atoms with E-state index in [1.807, 2.05) is 6.92 Å². The van der Waals surface area contributed by atoms with Gasteiger partial charge in [0.1, 0.15) is 6.04 Å². The maximum Gasteiger partial charge on any atom is 0.337 e. The number of amides is 1. The fraction of sp³-hybridized carbons (Fsp3) is 0.556. The monoisotopic (exact) mass is 398 g/mol. The van der Waals surface area contributed by atoms with Crippen molar-refractivity contribution < 1.29 is 28.2 Å². The predicted octanol–water partition coefficient (Wildman–Crippen LogP) is 0.717. The van der Waals surface area contributed by atoms with Crippen LogP contribution in [0, 0.1) is 20.8 Å². The molecule has 150 valence electrons. The van der Waals surface area contributed by atoms with E-state index in [0.717, 1.165) is 12.5 Å². The maximum atomic E-state index is 13.2. The Hall–Kier alpha value is -1.97. The number of nitrogens with zero attached hydrogens (tertiary/aromatic N) is 1. The zero-order chi connectivity index (χ0) is 20.6. The summed E-state index contributed by atoms with van der Waals surface area (Å²) in [4.78, 5) is 23.7. The molecule has 1 fully saturated rings. The van der Waals surface area contributed by atoms with E-state index in [0.29, 0.717) is 24.0 Å². The smallest absolute Gasteiger partial charge is 0.337 e. The third kappa shape index (κ3) is 4.31. The molecular formula is C18H26N2O6S. The van der Waals surface area contributed by atoms with E-state index in [9.17, 15) is 23.1 Å². The van der Waals surface area contributed by atoms with E-state index >= 15 is 0 Å². The number of hydrogen-bond donors (Lipinski definition) is 3. The number of rotatable bonds is 6. The Kier molecular flexibility index (Phi) is 5.98. The first-order valence-corrected chi connectivity index (χ1v) is 10.1. The lowest BCUT2D eigenvalue weighted by Crippen LogP contribution is -2.52. The molecule has 2 rings (SSSR count). The average Bonchev–Trinajstić information content (AvgIpc) is 3.01. The third-order valence-corrected chi connectivity index (χ3v) is 6.96. The number of benzene rings is 1. The van der Waals surface area contributed by atoms with Crippen LogP contribution in [-0.4, -0.2) is 59.5 Å². The van der Waals surface area contributed by atoms with Crippen molar-refractivity contribution in [1.29, 1.82) is 0 Å². The number of aliphatic hydroxyl groups is 1. The van der Waals surface area contributed by atoms with Crippen molar-refractivity contribution in [3.8, 4) is 0 Å². The zero-order valence-corrected chi connectivity index (χ0v) is 16.8. The number of sulfonamides is 1. The number of carbonyl (C=O) groups excluding carboxylic acids is 1. The molecule has 1 aromatic rings. The van der Waals surface area contributed by atoms with Gasteiger partial charge in [-0.3, -0.25) is 4.79 Å². The maximum absolute atomic E-state index is 13.2. The minimum Gasteiger partial charge on any atom is -0.479 e. The van der Waals surface area contributed by atoms with Gasteiger partial charge in [0.2, 0.25) is 15.9 Å². The largest absolute Gasteiger partial charge is 0.479 e. The minimum atomic E-state index is -3.89. The number of carbonyl (C=O) groups is 2. The number of aryl methyl sites for hydroxylation is 3. The standard InChI is InChI=1S/C18H26N2O6S/c1-11-8-12(2)15(13(3)9-11)27(25,26)20-7-5-6-14(20)16(21)19-10-18(4,24)17(22)23/h8-9,14,24H,5-7,10H2,1-4H3,(H,19,21)(H,22,23). The van der Waals surface area contributed by atoms with Crippen molar-refractivity contribution >= 4 is 21.9 Å². The fourth-order valence-corrected chi connectivity index (χ4v) is 5.51. The summed E-state index contributed by atoms with van der Waals surface area (Å²) >= 11 is 0. The quantitative estimate of drug-likeness (QED) is 0.649. The Morgan fingerprint density at radius 1 is 1.26 bits per heavy atom. The lowest BCUT2D eigenvalue weighted by atomic mass is 10.1. The van der Waals surface area contributed by atoms with Crippen molar-refractivity contribution in [3.05, 3.63) is 28.8 Å². The summed E-state index contributed by atoms with van der Waals surface area (Å²) in [7, 11) is -3.89. The highest BCUT2D eigenvalue weighted by atomic mass is 32.2. The SMILES string of the molecule is Cc1cc(C)c(S(=O)(=O)N2CCCC2C(=O)NCC(C)(O)C(=O)O)c(C)c1. The lowest BCUT2D eigenvalue weighted by Gasteiger charge is -2.26. The first kappa shape index (κ1) is 21.3. The molecule has 1 aliphatic heterocycles. The molecule has 1 heterocycles. The highest BCUT2D eigenvalue weighted by molar-refractivity contribution is 7.89. The molecular weight excluding hydrogens is 372 g/mol. The van der Waals surface area contributed by atoms with Crippen LogP contribution < -0.4 is 5.32 Å². The van der Waals surface area contributed by atoms with Crippen LogP contribution in [0.25, 0.3) is 0 Å². The molecule has 0 aromatic heterocycles. The van der Waals surface area contributed by atoms with E-state index in [-0.39, 0.29) is 11.4 Å². The van der Waals surface area contributed by atoms with Crippen LogP contribution in [0.4, 0.5) is 0 Å². The number of aliphatic carboxylic acids is 1. The van der Waals surface area contributed by atoms with Crippen molar-refractivity contribution in [3.63, 3.8) is 0 Å². The van der Waals surface area contributed by atoms with Gasteiger partial charge in [0.15, 0.2) is 5.60 Å². The van der Waals surface area contributed by atoms with Crippen LogP contribution >= 0.6 is 0 Å². The molecule has 1 aliphatic rings. The number of nitrogens with one attached hydrogen (secondary N) is 1.